The first-order chi connectivity index (χ1) is 11.6. The van der Waals surface area contributed by atoms with Crippen LogP contribution in [0.5, 0.6) is 0 Å². The Morgan fingerprint density at radius 2 is 2.04 bits per heavy atom. The number of nitrogens with one attached hydrogen (secondary N) is 1. The largest absolute Gasteiger partial charge is 0.350 e. The lowest BCUT2D eigenvalue weighted by Crippen LogP contribution is -2.42. The van der Waals surface area contributed by atoms with Gasteiger partial charge in [-0.05, 0) is 24.3 Å². The van der Waals surface area contributed by atoms with E-state index in [1.165, 1.54) is 0 Å². The second-order valence-electron chi connectivity index (χ2n) is 5.86. The monoisotopic (exact) mass is 344 g/mol. The minimum absolute atomic E-state index is 0.0279. The molecule has 0 bridgehead atoms. The van der Waals surface area contributed by atoms with Crippen LogP contribution >= 0.6 is 11.3 Å². The van der Waals surface area contributed by atoms with E-state index in [1.807, 2.05) is 16.8 Å². The second-order valence-corrected chi connectivity index (χ2v) is 6.64. The van der Waals surface area contributed by atoms with Gasteiger partial charge in [-0.2, -0.15) is 11.3 Å². The van der Waals surface area contributed by atoms with Gasteiger partial charge in [-0.3, -0.25) is 19.6 Å². The number of likely N-dealkylation sites (tertiary alicyclic amines) is 1. The Morgan fingerprint density at radius 1 is 1.29 bits per heavy atom. The zero-order chi connectivity index (χ0) is 16.9. The summed E-state index contributed by atoms with van der Waals surface area (Å²) in [7, 11) is 0. The topological polar surface area (TPSA) is 75.2 Å². The van der Waals surface area contributed by atoms with Crippen molar-refractivity contribution in [1.82, 2.24) is 20.2 Å². The number of piperidine rings is 1. The molecule has 0 saturated carbocycles. The van der Waals surface area contributed by atoms with Gasteiger partial charge in [0.1, 0.15) is 0 Å². The van der Waals surface area contributed by atoms with Crippen LogP contribution in [0.15, 0.2) is 29.2 Å². The summed E-state index contributed by atoms with van der Waals surface area (Å²) in [6, 6.07) is 2.00. The highest BCUT2D eigenvalue weighted by atomic mass is 32.1. The van der Waals surface area contributed by atoms with Gasteiger partial charge in [0.05, 0.1) is 17.9 Å². The lowest BCUT2D eigenvalue weighted by atomic mass is 9.96. The lowest BCUT2D eigenvalue weighted by molar-refractivity contribution is -0.134. The van der Waals surface area contributed by atoms with E-state index >= 15 is 0 Å². The molecule has 0 aromatic carbocycles. The maximum absolute atomic E-state index is 12.4. The number of carbonyl (C=O) groups is 2. The summed E-state index contributed by atoms with van der Waals surface area (Å²) in [4.78, 5) is 34.3. The SMILES string of the molecule is CC(=O)N1CCC(C(=O)NCc2nccnc2-c2ccsc2)CC1. The molecule has 7 heteroatoms. The summed E-state index contributed by atoms with van der Waals surface area (Å²) in [6.07, 6.45) is 4.73. The molecule has 3 heterocycles. The third-order valence-corrected chi connectivity index (χ3v) is 4.99. The van der Waals surface area contributed by atoms with E-state index in [9.17, 15) is 9.59 Å². The predicted molar refractivity (Wildman–Crippen MR) is 92.2 cm³/mol. The average molecular weight is 344 g/mol. The van der Waals surface area contributed by atoms with Gasteiger partial charge in [0.25, 0.3) is 0 Å². The van der Waals surface area contributed by atoms with Gasteiger partial charge in [-0.25, -0.2) is 0 Å². The molecule has 0 unspecified atom stereocenters. The highest BCUT2D eigenvalue weighted by molar-refractivity contribution is 7.08. The molecule has 0 spiro atoms. The smallest absolute Gasteiger partial charge is 0.223 e. The van der Waals surface area contributed by atoms with E-state index in [0.717, 1.165) is 17.0 Å². The number of rotatable bonds is 4. The van der Waals surface area contributed by atoms with Gasteiger partial charge in [-0.15, -0.1) is 0 Å². The molecule has 126 valence electrons. The van der Waals surface area contributed by atoms with Gasteiger partial charge < -0.3 is 10.2 Å². The van der Waals surface area contributed by atoms with Crippen LogP contribution in [-0.2, 0) is 16.1 Å². The molecule has 0 radical (unpaired) electrons. The maximum Gasteiger partial charge on any atom is 0.223 e. The summed E-state index contributed by atoms with van der Waals surface area (Å²) in [5.74, 6) is 0.0656. The lowest BCUT2D eigenvalue weighted by Gasteiger charge is -2.30. The van der Waals surface area contributed by atoms with Crippen molar-refractivity contribution in [2.75, 3.05) is 13.1 Å². The van der Waals surface area contributed by atoms with Gasteiger partial charge >= 0.3 is 0 Å². The van der Waals surface area contributed by atoms with Gasteiger partial charge in [-0.1, -0.05) is 0 Å². The van der Waals surface area contributed by atoms with Crippen molar-refractivity contribution in [1.29, 1.82) is 0 Å². The van der Waals surface area contributed by atoms with E-state index in [1.54, 1.807) is 35.6 Å². The molecule has 6 nitrogen and oxygen atoms in total. The zero-order valence-corrected chi connectivity index (χ0v) is 14.4. The van der Waals surface area contributed by atoms with E-state index in [2.05, 4.69) is 15.3 Å². The Kier molecular flexibility index (Phi) is 5.20. The standard InChI is InChI=1S/C17H20N4O2S/c1-12(22)21-7-2-13(3-8-21)17(23)20-10-15-16(19-6-5-18-15)14-4-9-24-11-14/h4-6,9,11,13H,2-3,7-8,10H2,1H3,(H,20,23). The molecular formula is C17H20N4O2S. The normalized spacial score (nSPS) is 15.3. The fourth-order valence-corrected chi connectivity index (χ4v) is 3.55. The average Bonchev–Trinajstić information content (AvgIpc) is 3.14. The van der Waals surface area contributed by atoms with Crippen molar-refractivity contribution in [3.05, 3.63) is 34.9 Å². The molecule has 1 aliphatic heterocycles. The summed E-state index contributed by atoms with van der Waals surface area (Å²) in [6.45, 7) is 3.24. The minimum Gasteiger partial charge on any atom is -0.350 e. The number of amides is 2. The summed E-state index contributed by atoms with van der Waals surface area (Å²) in [5, 5.41) is 6.99. The first-order valence-corrected chi connectivity index (χ1v) is 8.95. The predicted octanol–water partition coefficient (Wildman–Crippen LogP) is 2.08. The molecule has 1 N–H and O–H groups in total. The Morgan fingerprint density at radius 3 is 2.71 bits per heavy atom. The number of aromatic nitrogens is 2. The molecule has 2 amide bonds. The molecule has 0 aliphatic carbocycles. The Labute approximate surface area is 144 Å². The molecule has 2 aromatic heterocycles. The molecule has 0 atom stereocenters. The number of nitrogens with zero attached hydrogens (tertiary/aromatic N) is 3. The van der Waals surface area contributed by atoms with Gasteiger partial charge in [0.2, 0.25) is 11.8 Å². The van der Waals surface area contributed by atoms with Crippen molar-refractivity contribution < 1.29 is 9.59 Å². The van der Waals surface area contributed by atoms with Gasteiger partial charge in [0.15, 0.2) is 0 Å². The molecule has 24 heavy (non-hydrogen) atoms. The third-order valence-electron chi connectivity index (χ3n) is 4.31. The van der Waals surface area contributed by atoms with Crippen molar-refractivity contribution in [2.24, 2.45) is 5.92 Å². The minimum atomic E-state index is -0.0399. The number of hydrogen-bond acceptors (Lipinski definition) is 5. The Bertz CT molecular complexity index is 709. The van der Waals surface area contributed by atoms with Crippen molar-refractivity contribution in [3.8, 4) is 11.3 Å². The van der Waals surface area contributed by atoms with E-state index < -0.39 is 0 Å². The Balaban J connectivity index is 1.59. The van der Waals surface area contributed by atoms with E-state index in [0.29, 0.717) is 32.5 Å². The molecule has 1 saturated heterocycles. The van der Waals surface area contributed by atoms with Crippen LogP contribution in [0.1, 0.15) is 25.5 Å². The van der Waals surface area contributed by atoms with Crippen LogP contribution in [0.4, 0.5) is 0 Å². The van der Waals surface area contributed by atoms with E-state index in [-0.39, 0.29) is 17.7 Å². The summed E-state index contributed by atoms with van der Waals surface area (Å²) >= 11 is 1.61. The van der Waals surface area contributed by atoms with Crippen molar-refractivity contribution in [3.63, 3.8) is 0 Å². The molecule has 1 aliphatic rings. The number of carbonyl (C=O) groups excluding carboxylic acids is 2. The molecular weight excluding hydrogens is 324 g/mol. The van der Waals surface area contributed by atoms with Crippen molar-refractivity contribution >= 4 is 23.2 Å². The fourth-order valence-electron chi connectivity index (χ4n) is 2.91. The van der Waals surface area contributed by atoms with Gasteiger partial charge in [0, 0.05) is 49.3 Å². The highest BCUT2D eigenvalue weighted by Gasteiger charge is 2.26. The van der Waals surface area contributed by atoms with Crippen LogP contribution in [0.25, 0.3) is 11.3 Å². The molecule has 3 rings (SSSR count). The van der Waals surface area contributed by atoms with E-state index in [4.69, 9.17) is 0 Å². The van der Waals surface area contributed by atoms with Crippen LogP contribution < -0.4 is 5.32 Å². The second kappa shape index (κ2) is 7.53. The number of hydrogen-bond donors (Lipinski definition) is 1. The first-order valence-electron chi connectivity index (χ1n) is 8.01. The summed E-state index contributed by atoms with van der Waals surface area (Å²) < 4.78 is 0. The molecule has 1 fully saturated rings. The van der Waals surface area contributed by atoms with Crippen LogP contribution in [0, 0.1) is 5.92 Å². The van der Waals surface area contributed by atoms with Crippen molar-refractivity contribution in [2.45, 2.75) is 26.3 Å². The first kappa shape index (κ1) is 16.6. The molecule has 2 aromatic rings. The van der Waals surface area contributed by atoms with Crippen LogP contribution in [0.2, 0.25) is 0 Å². The third kappa shape index (κ3) is 3.79. The zero-order valence-electron chi connectivity index (χ0n) is 13.6. The maximum atomic E-state index is 12.4. The highest BCUT2D eigenvalue weighted by Crippen LogP contribution is 2.22. The van der Waals surface area contributed by atoms with Crippen LogP contribution in [-0.4, -0.2) is 39.8 Å². The van der Waals surface area contributed by atoms with Crippen LogP contribution in [0.3, 0.4) is 0 Å². The summed E-state index contributed by atoms with van der Waals surface area (Å²) in [5.41, 5.74) is 2.60. The Hall–Kier alpha value is -2.28. The fraction of sp³-hybridized carbons (Fsp3) is 0.412. The quantitative estimate of drug-likeness (QED) is 0.921. The number of thiophene rings is 1.